The van der Waals surface area contributed by atoms with Gasteiger partial charge in [0.15, 0.2) is 15.6 Å². The molecular formula is C27H22O3S. The Labute approximate surface area is 182 Å². The Kier molecular flexibility index (Phi) is 5.83. The number of ketones is 1. The monoisotopic (exact) mass is 426 g/mol. The highest BCUT2D eigenvalue weighted by molar-refractivity contribution is 7.92. The molecule has 0 bridgehead atoms. The molecule has 4 heteroatoms. The van der Waals surface area contributed by atoms with Crippen molar-refractivity contribution >= 4 is 15.6 Å². The second-order valence-electron chi connectivity index (χ2n) is 7.43. The number of hydrogen-bond acceptors (Lipinski definition) is 3. The summed E-state index contributed by atoms with van der Waals surface area (Å²) in [5, 5.41) is -1.000. The van der Waals surface area contributed by atoms with Crippen LogP contribution in [0.25, 0.3) is 0 Å². The van der Waals surface area contributed by atoms with E-state index in [-0.39, 0.29) is 10.7 Å². The van der Waals surface area contributed by atoms with Crippen LogP contribution in [-0.4, -0.2) is 14.2 Å². The van der Waals surface area contributed by atoms with Gasteiger partial charge in [0.05, 0.1) is 4.90 Å². The SMILES string of the molecule is Cc1ccc(S(=O)(=O)C(c2ccccc2)c2ccccc2C(=O)c2ccccc2)cc1. The molecule has 0 aliphatic heterocycles. The lowest BCUT2D eigenvalue weighted by Gasteiger charge is -2.21. The number of carbonyl (C=O) groups is 1. The van der Waals surface area contributed by atoms with E-state index < -0.39 is 15.1 Å². The zero-order valence-electron chi connectivity index (χ0n) is 17.1. The average molecular weight is 427 g/mol. The number of carbonyl (C=O) groups excluding carboxylic acids is 1. The number of rotatable bonds is 6. The van der Waals surface area contributed by atoms with Gasteiger partial charge in [-0.2, -0.15) is 0 Å². The first-order valence-electron chi connectivity index (χ1n) is 10.0. The van der Waals surface area contributed by atoms with Gasteiger partial charge in [0.1, 0.15) is 5.25 Å². The van der Waals surface area contributed by atoms with E-state index in [1.54, 1.807) is 84.9 Å². The third-order valence-corrected chi connectivity index (χ3v) is 7.36. The van der Waals surface area contributed by atoms with Gasteiger partial charge in [0.2, 0.25) is 0 Å². The van der Waals surface area contributed by atoms with Crippen LogP contribution in [-0.2, 0) is 9.84 Å². The molecular weight excluding hydrogens is 404 g/mol. The van der Waals surface area contributed by atoms with E-state index in [2.05, 4.69) is 0 Å². The molecule has 0 saturated heterocycles. The Bertz CT molecular complexity index is 1290. The van der Waals surface area contributed by atoms with Gasteiger partial charge in [-0.1, -0.05) is 103 Å². The van der Waals surface area contributed by atoms with Crippen LogP contribution >= 0.6 is 0 Å². The number of benzene rings is 4. The molecule has 0 heterocycles. The Morgan fingerprint density at radius 3 is 1.87 bits per heavy atom. The molecule has 0 spiro atoms. The first-order valence-corrected chi connectivity index (χ1v) is 11.6. The molecule has 0 amide bonds. The Morgan fingerprint density at radius 2 is 1.23 bits per heavy atom. The van der Waals surface area contributed by atoms with Crippen molar-refractivity contribution in [2.24, 2.45) is 0 Å². The van der Waals surface area contributed by atoms with E-state index in [9.17, 15) is 13.2 Å². The van der Waals surface area contributed by atoms with Crippen molar-refractivity contribution in [3.63, 3.8) is 0 Å². The molecule has 4 aromatic rings. The number of sulfone groups is 1. The molecule has 0 fully saturated rings. The van der Waals surface area contributed by atoms with Crippen molar-refractivity contribution in [1.82, 2.24) is 0 Å². The first-order chi connectivity index (χ1) is 15.0. The van der Waals surface area contributed by atoms with Gasteiger partial charge in [0, 0.05) is 11.1 Å². The summed E-state index contributed by atoms with van der Waals surface area (Å²) in [4.78, 5) is 13.5. The Hall–Kier alpha value is -3.50. The van der Waals surface area contributed by atoms with Gasteiger partial charge in [-0.15, -0.1) is 0 Å². The Balaban J connectivity index is 1.93. The molecule has 0 radical (unpaired) electrons. The van der Waals surface area contributed by atoms with Crippen molar-refractivity contribution in [2.75, 3.05) is 0 Å². The lowest BCUT2D eigenvalue weighted by atomic mass is 9.94. The van der Waals surface area contributed by atoms with Crippen LogP contribution in [0.5, 0.6) is 0 Å². The fourth-order valence-electron chi connectivity index (χ4n) is 3.70. The molecule has 1 unspecified atom stereocenters. The van der Waals surface area contributed by atoms with Crippen LogP contribution in [0.3, 0.4) is 0 Å². The zero-order valence-corrected chi connectivity index (χ0v) is 17.9. The van der Waals surface area contributed by atoms with Crippen molar-refractivity contribution in [1.29, 1.82) is 0 Å². The highest BCUT2D eigenvalue weighted by Gasteiger charge is 2.33. The molecule has 4 aromatic carbocycles. The maximum Gasteiger partial charge on any atom is 0.193 e. The van der Waals surface area contributed by atoms with Gasteiger partial charge in [-0.25, -0.2) is 8.42 Å². The molecule has 0 saturated carbocycles. The van der Waals surface area contributed by atoms with Crippen LogP contribution < -0.4 is 0 Å². The molecule has 154 valence electrons. The lowest BCUT2D eigenvalue weighted by molar-refractivity contribution is 0.103. The predicted molar refractivity (Wildman–Crippen MR) is 123 cm³/mol. The van der Waals surface area contributed by atoms with Crippen LogP contribution in [0, 0.1) is 6.92 Å². The second-order valence-corrected chi connectivity index (χ2v) is 9.46. The van der Waals surface area contributed by atoms with Gasteiger partial charge in [0.25, 0.3) is 0 Å². The molecule has 0 N–H and O–H groups in total. The maximum atomic E-state index is 13.8. The van der Waals surface area contributed by atoms with Crippen LogP contribution in [0.15, 0.2) is 114 Å². The lowest BCUT2D eigenvalue weighted by Crippen LogP contribution is -2.18. The molecule has 0 aromatic heterocycles. The number of hydrogen-bond donors (Lipinski definition) is 0. The molecule has 4 rings (SSSR count). The average Bonchev–Trinajstić information content (AvgIpc) is 2.80. The fourth-order valence-corrected chi connectivity index (χ4v) is 5.54. The molecule has 3 nitrogen and oxygen atoms in total. The summed E-state index contributed by atoms with van der Waals surface area (Å²) >= 11 is 0. The summed E-state index contributed by atoms with van der Waals surface area (Å²) in [5.41, 5.74) is 2.99. The zero-order chi connectivity index (χ0) is 21.8. The van der Waals surface area contributed by atoms with E-state index in [0.29, 0.717) is 22.3 Å². The minimum absolute atomic E-state index is 0.198. The standard InChI is InChI=1S/C27H22O3S/c1-20-16-18-23(19-17-20)31(29,30)27(22-12-6-3-7-13-22)25-15-9-8-14-24(25)26(28)21-10-4-2-5-11-21/h2-19,27H,1H3. The highest BCUT2D eigenvalue weighted by Crippen LogP contribution is 2.37. The van der Waals surface area contributed by atoms with Gasteiger partial charge >= 0.3 is 0 Å². The second kappa shape index (κ2) is 8.70. The number of aryl methyl sites for hydroxylation is 1. The summed E-state index contributed by atoms with van der Waals surface area (Å²) in [5.74, 6) is -0.198. The van der Waals surface area contributed by atoms with Crippen LogP contribution in [0.2, 0.25) is 0 Å². The van der Waals surface area contributed by atoms with E-state index in [4.69, 9.17) is 0 Å². The third-order valence-electron chi connectivity index (χ3n) is 5.29. The van der Waals surface area contributed by atoms with E-state index >= 15 is 0 Å². The van der Waals surface area contributed by atoms with E-state index in [1.807, 2.05) is 31.2 Å². The summed E-state index contributed by atoms with van der Waals surface area (Å²) in [7, 11) is -3.81. The summed E-state index contributed by atoms with van der Waals surface area (Å²) in [6.07, 6.45) is 0. The highest BCUT2D eigenvalue weighted by atomic mass is 32.2. The molecule has 0 aliphatic rings. The summed E-state index contributed by atoms with van der Waals surface area (Å²) in [6.45, 7) is 1.92. The molecule has 0 aliphatic carbocycles. The minimum Gasteiger partial charge on any atom is -0.289 e. The molecule has 1 atom stereocenters. The first kappa shape index (κ1) is 20.8. The third kappa shape index (κ3) is 4.21. The van der Waals surface area contributed by atoms with Gasteiger partial charge in [-0.05, 0) is 30.2 Å². The van der Waals surface area contributed by atoms with E-state index in [1.165, 1.54) is 0 Å². The van der Waals surface area contributed by atoms with Crippen LogP contribution in [0.4, 0.5) is 0 Å². The van der Waals surface area contributed by atoms with Crippen molar-refractivity contribution in [3.05, 3.63) is 137 Å². The predicted octanol–water partition coefficient (Wildman–Crippen LogP) is 5.79. The smallest absolute Gasteiger partial charge is 0.193 e. The largest absolute Gasteiger partial charge is 0.289 e. The topological polar surface area (TPSA) is 51.2 Å². The minimum atomic E-state index is -3.81. The molecule has 31 heavy (non-hydrogen) atoms. The van der Waals surface area contributed by atoms with Gasteiger partial charge in [-0.3, -0.25) is 4.79 Å². The summed E-state index contributed by atoms with van der Waals surface area (Å²) in [6, 6.07) is 31.8. The fraction of sp³-hybridized carbons (Fsp3) is 0.0741. The Morgan fingerprint density at radius 1 is 0.677 bits per heavy atom. The van der Waals surface area contributed by atoms with Crippen LogP contribution in [0.1, 0.15) is 37.9 Å². The van der Waals surface area contributed by atoms with Crippen molar-refractivity contribution in [3.8, 4) is 0 Å². The normalized spacial score (nSPS) is 12.3. The quantitative estimate of drug-likeness (QED) is 0.367. The van der Waals surface area contributed by atoms with E-state index in [0.717, 1.165) is 5.56 Å². The van der Waals surface area contributed by atoms with Crippen molar-refractivity contribution in [2.45, 2.75) is 17.1 Å². The maximum absolute atomic E-state index is 13.8. The summed E-state index contributed by atoms with van der Waals surface area (Å²) < 4.78 is 27.7. The van der Waals surface area contributed by atoms with Gasteiger partial charge < -0.3 is 0 Å². The van der Waals surface area contributed by atoms with Crippen molar-refractivity contribution < 1.29 is 13.2 Å².